The zero-order valence-electron chi connectivity index (χ0n) is 10.6. The number of benzene rings is 1. The van der Waals surface area contributed by atoms with E-state index in [1.165, 1.54) is 12.1 Å². The standard InChI is InChI=1S/C12H13F6NO/c1-6(2)8-5-7(19)3-4-9(8)20-12(17,18)10(13)11(14,15)16/h3-6,10H,19H2,1-2H3. The fourth-order valence-corrected chi connectivity index (χ4v) is 1.50. The molecule has 2 N–H and O–H groups in total. The SMILES string of the molecule is CC(C)c1cc(N)ccc1OC(F)(F)C(F)C(F)(F)F. The van der Waals surface area contributed by atoms with Crippen LogP contribution in [0.4, 0.5) is 32.0 Å². The monoisotopic (exact) mass is 301 g/mol. The summed E-state index contributed by atoms with van der Waals surface area (Å²) in [6, 6.07) is 3.46. The second kappa shape index (κ2) is 5.41. The molecule has 0 saturated heterocycles. The van der Waals surface area contributed by atoms with E-state index < -0.39 is 24.2 Å². The first kappa shape index (κ1) is 16.5. The Labute approximate surface area is 111 Å². The molecule has 1 atom stereocenters. The van der Waals surface area contributed by atoms with Crippen LogP contribution in [0.2, 0.25) is 0 Å². The first-order chi connectivity index (χ1) is 8.95. The van der Waals surface area contributed by atoms with Crippen molar-refractivity contribution in [2.24, 2.45) is 0 Å². The van der Waals surface area contributed by atoms with Crippen LogP contribution in [0.25, 0.3) is 0 Å². The molecule has 1 rings (SSSR count). The summed E-state index contributed by atoms with van der Waals surface area (Å²) < 4.78 is 79.2. The molecule has 1 unspecified atom stereocenters. The van der Waals surface area contributed by atoms with Gasteiger partial charge in [-0.15, -0.1) is 0 Å². The lowest BCUT2D eigenvalue weighted by atomic mass is 10.0. The maximum atomic E-state index is 13.2. The Balaban J connectivity index is 3.09. The van der Waals surface area contributed by atoms with Crippen molar-refractivity contribution in [3.63, 3.8) is 0 Å². The molecule has 2 nitrogen and oxygen atoms in total. The van der Waals surface area contributed by atoms with Gasteiger partial charge in [0.25, 0.3) is 6.17 Å². The third-order valence-electron chi connectivity index (χ3n) is 2.48. The van der Waals surface area contributed by atoms with E-state index in [0.29, 0.717) is 0 Å². The fourth-order valence-electron chi connectivity index (χ4n) is 1.50. The molecule has 114 valence electrons. The summed E-state index contributed by atoms with van der Waals surface area (Å²) in [5.74, 6) is -0.876. The topological polar surface area (TPSA) is 35.2 Å². The third kappa shape index (κ3) is 3.71. The van der Waals surface area contributed by atoms with Gasteiger partial charge in [0, 0.05) is 5.69 Å². The summed E-state index contributed by atoms with van der Waals surface area (Å²) >= 11 is 0. The minimum absolute atomic E-state index is 0.166. The number of nitrogens with two attached hydrogens (primary N) is 1. The third-order valence-corrected chi connectivity index (χ3v) is 2.48. The average molecular weight is 301 g/mol. The highest BCUT2D eigenvalue weighted by Gasteiger charge is 2.59. The summed E-state index contributed by atoms with van der Waals surface area (Å²) in [6.45, 7) is 3.22. The van der Waals surface area contributed by atoms with Crippen molar-refractivity contribution in [2.75, 3.05) is 5.73 Å². The largest absolute Gasteiger partial charge is 0.439 e. The molecule has 1 aromatic rings. The van der Waals surface area contributed by atoms with Crippen LogP contribution >= 0.6 is 0 Å². The molecular formula is C12H13F6NO. The lowest BCUT2D eigenvalue weighted by molar-refractivity contribution is -0.305. The van der Waals surface area contributed by atoms with Crippen LogP contribution in [0.5, 0.6) is 5.75 Å². The smallest absolute Gasteiger partial charge is 0.430 e. The summed E-state index contributed by atoms with van der Waals surface area (Å²) in [5, 5.41) is 0. The number of hydrogen-bond acceptors (Lipinski definition) is 2. The van der Waals surface area contributed by atoms with E-state index in [1.54, 1.807) is 13.8 Å². The fraction of sp³-hybridized carbons (Fsp3) is 0.500. The van der Waals surface area contributed by atoms with Gasteiger partial charge in [-0.05, 0) is 29.7 Å². The van der Waals surface area contributed by atoms with Crippen molar-refractivity contribution in [3.05, 3.63) is 23.8 Å². The molecule has 20 heavy (non-hydrogen) atoms. The molecule has 0 heterocycles. The number of rotatable bonds is 4. The lowest BCUT2D eigenvalue weighted by Gasteiger charge is -2.25. The molecule has 0 amide bonds. The highest BCUT2D eigenvalue weighted by Crippen LogP contribution is 2.39. The van der Waals surface area contributed by atoms with Crippen molar-refractivity contribution in [2.45, 2.75) is 38.2 Å². The van der Waals surface area contributed by atoms with Gasteiger partial charge in [-0.2, -0.15) is 22.0 Å². The molecule has 0 fully saturated rings. The molecule has 8 heteroatoms. The zero-order chi connectivity index (χ0) is 15.7. The van der Waals surface area contributed by atoms with Gasteiger partial charge in [0.2, 0.25) is 0 Å². The van der Waals surface area contributed by atoms with E-state index in [9.17, 15) is 26.3 Å². The van der Waals surface area contributed by atoms with Crippen molar-refractivity contribution in [3.8, 4) is 5.75 Å². The average Bonchev–Trinajstić information content (AvgIpc) is 2.28. The minimum atomic E-state index is -5.71. The van der Waals surface area contributed by atoms with Gasteiger partial charge in [-0.25, -0.2) is 4.39 Å². The van der Waals surface area contributed by atoms with Crippen LogP contribution in [0.3, 0.4) is 0 Å². The number of hydrogen-bond donors (Lipinski definition) is 1. The molecule has 0 radical (unpaired) electrons. The van der Waals surface area contributed by atoms with E-state index >= 15 is 0 Å². The van der Waals surface area contributed by atoms with E-state index in [4.69, 9.17) is 5.73 Å². The first-order valence-electron chi connectivity index (χ1n) is 5.62. The van der Waals surface area contributed by atoms with Gasteiger partial charge in [0.05, 0.1) is 0 Å². The number of alkyl halides is 6. The predicted molar refractivity (Wildman–Crippen MR) is 61.5 cm³/mol. The predicted octanol–water partition coefficient (Wildman–Crippen LogP) is 4.26. The molecule has 0 aliphatic heterocycles. The van der Waals surface area contributed by atoms with Crippen LogP contribution in [0, 0.1) is 0 Å². The Morgan fingerprint density at radius 3 is 2.10 bits per heavy atom. The molecule has 0 spiro atoms. The van der Waals surface area contributed by atoms with E-state index in [1.807, 2.05) is 0 Å². The normalized spacial score (nSPS) is 14.4. The molecule has 0 aliphatic rings. The van der Waals surface area contributed by atoms with E-state index in [-0.39, 0.29) is 17.2 Å². The minimum Gasteiger partial charge on any atom is -0.430 e. The zero-order valence-corrected chi connectivity index (χ0v) is 10.6. The van der Waals surface area contributed by atoms with Crippen LogP contribution in [0.1, 0.15) is 25.3 Å². The van der Waals surface area contributed by atoms with Gasteiger partial charge in [-0.3, -0.25) is 0 Å². The summed E-state index contributed by atoms with van der Waals surface area (Å²) in [7, 11) is 0. The highest BCUT2D eigenvalue weighted by molar-refractivity contribution is 5.49. The van der Waals surface area contributed by atoms with Gasteiger partial charge < -0.3 is 10.5 Å². The Morgan fingerprint density at radius 2 is 1.65 bits per heavy atom. The maximum absolute atomic E-state index is 13.2. The van der Waals surface area contributed by atoms with Crippen molar-refractivity contribution < 1.29 is 31.1 Å². The van der Waals surface area contributed by atoms with Gasteiger partial charge >= 0.3 is 12.3 Å². The first-order valence-corrected chi connectivity index (χ1v) is 5.62. The molecular weight excluding hydrogens is 288 g/mol. The summed E-state index contributed by atoms with van der Waals surface area (Å²) in [4.78, 5) is 0. The second-order valence-electron chi connectivity index (χ2n) is 4.52. The Bertz CT molecular complexity index is 472. The van der Waals surface area contributed by atoms with Crippen molar-refractivity contribution in [1.82, 2.24) is 0 Å². The van der Waals surface area contributed by atoms with Crippen molar-refractivity contribution in [1.29, 1.82) is 0 Å². The number of anilines is 1. The van der Waals surface area contributed by atoms with Crippen LogP contribution in [-0.4, -0.2) is 18.5 Å². The Kier molecular flexibility index (Phi) is 4.45. The van der Waals surface area contributed by atoms with Gasteiger partial charge in [-0.1, -0.05) is 13.8 Å². The van der Waals surface area contributed by atoms with Crippen LogP contribution in [-0.2, 0) is 0 Å². The molecule has 0 aromatic heterocycles. The van der Waals surface area contributed by atoms with Gasteiger partial charge in [0.1, 0.15) is 5.75 Å². The van der Waals surface area contributed by atoms with Crippen molar-refractivity contribution >= 4 is 5.69 Å². The molecule has 1 aromatic carbocycles. The second-order valence-corrected chi connectivity index (χ2v) is 4.52. The Hall–Kier alpha value is -1.60. The van der Waals surface area contributed by atoms with Crippen LogP contribution < -0.4 is 10.5 Å². The maximum Gasteiger partial charge on any atom is 0.439 e. The number of ether oxygens (including phenoxy) is 1. The van der Waals surface area contributed by atoms with Gasteiger partial charge in [0.15, 0.2) is 0 Å². The number of halogens is 6. The molecule has 0 bridgehead atoms. The summed E-state index contributed by atoms with van der Waals surface area (Å²) in [6.07, 6.45) is -15.1. The van der Waals surface area contributed by atoms with E-state index in [0.717, 1.165) is 6.07 Å². The Morgan fingerprint density at radius 1 is 1.10 bits per heavy atom. The lowest BCUT2D eigenvalue weighted by Crippen LogP contribution is -2.45. The summed E-state index contributed by atoms with van der Waals surface area (Å²) in [5.41, 5.74) is 5.86. The number of nitrogen functional groups attached to an aromatic ring is 1. The molecule has 0 saturated carbocycles. The van der Waals surface area contributed by atoms with Crippen LogP contribution in [0.15, 0.2) is 18.2 Å². The molecule has 0 aliphatic carbocycles. The highest BCUT2D eigenvalue weighted by atomic mass is 19.4. The quantitative estimate of drug-likeness (QED) is 0.666. The van der Waals surface area contributed by atoms with E-state index in [2.05, 4.69) is 4.74 Å².